The van der Waals surface area contributed by atoms with Crippen molar-refractivity contribution in [3.05, 3.63) is 134 Å². The molecule has 0 radical (unpaired) electrons. The fourth-order valence-corrected chi connectivity index (χ4v) is 7.36. The number of aryl methyl sites for hydroxylation is 2. The van der Waals surface area contributed by atoms with E-state index in [1.165, 1.54) is 0 Å². The molecule has 8 bridgehead atoms. The molecule has 1 heterocycles. The van der Waals surface area contributed by atoms with Gasteiger partial charge in [0, 0.05) is 67.0 Å². The number of pyridine rings is 1. The molecule has 0 amide bonds. The number of nitrogens with zero attached hydrogens (tertiary/aromatic N) is 1. The zero-order valence-electron chi connectivity index (χ0n) is 28.6. The van der Waals surface area contributed by atoms with E-state index in [-0.39, 0.29) is 53.0 Å². The van der Waals surface area contributed by atoms with Crippen molar-refractivity contribution >= 4 is 43.0 Å². The molecule has 282 valence electrons. The van der Waals surface area contributed by atoms with Gasteiger partial charge in [-0.05, 0) is 69.8 Å². The molecule has 0 atom stereocenters. The fraction of sp³-hybridized carbons (Fsp3) is 0.162. The van der Waals surface area contributed by atoms with E-state index < -0.39 is 58.6 Å². The van der Waals surface area contributed by atoms with E-state index in [0.717, 1.165) is 35.5 Å². The first-order valence-corrected chi connectivity index (χ1v) is 19.8. The number of hydrogen-bond acceptors (Lipinski definition) is 11. The van der Waals surface area contributed by atoms with Crippen LogP contribution in [0.2, 0.25) is 0 Å². The Morgan fingerprint density at radius 3 is 1.26 bits per heavy atom. The van der Waals surface area contributed by atoms with Crippen LogP contribution < -0.4 is 4.57 Å². The SMILES string of the molecule is Cc1cc(/C=C/c2cc3c(O)c(c2)Cc2cc(S(=O)(=O)O)cc(c2O)Cc2cc(S(=O)(=O)O)cc(c2O)Cc2cccc(c2O)C3)cc[n+]1C.O=S(=O)=O. The minimum absolute atomic E-state index is 0.00581. The molecule has 0 saturated heterocycles. The number of phenols is 4. The maximum atomic E-state index is 12.4. The zero-order chi connectivity index (χ0) is 39.7. The third kappa shape index (κ3) is 9.12. The van der Waals surface area contributed by atoms with Gasteiger partial charge in [-0.15, -0.1) is 12.6 Å². The number of aromatic nitrogens is 1. The molecule has 14 nitrogen and oxygen atoms in total. The van der Waals surface area contributed by atoms with Crippen molar-refractivity contribution in [2.75, 3.05) is 0 Å². The molecule has 0 unspecified atom stereocenters. The van der Waals surface area contributed by atoms with Crippen molar-refractivity contribution in [3.8, 4) is 23.0 Å². The van der Waals surface area contributed by atoms with Crippen molar-refractivity contribution in [1.29, 1.82) is 0 Å². The quantitative estimate of drug-likeness (QED) is 0.109. The summed E-state index contributed by atoms with van der Waals surface area (Å²) < 4.78 is 96.6. The lowest BCUT2D eigenvalue weighted by atomic mass is 9.90. The summed E-state index contributed by atoms with van der Waals surface area (Å²) in [5.74, 6) is -1.12. The number of phenolic OH excluding ortho intramolecular Hbond substituents is 4. The molecule has 54 heavy (non-hydrogen) atoms. The highest BCUT2D eigenvalue weighted by Gasteiger charge is 2.24. The molecule has 0 spiro atoms. The Bertz CT molecular complexity index is 2680. The van der Waals surface area contributed by atoms with E-state index in [4.69, 9.17) is 12.6 Å². The topological polar surface area (TPSA) is 245 Å². The summed E-state index contributed by atoms with van der Waals surface area (Å²) in [5, 5.41) is 45.8. The summed E-state index contributed by atoms with van der Waals surface area (Å²) in [4.78, 5) is -1.14. The van der Waals surface area contributed by atoms with E-state index in [2.05, 4.69) is 0 Å². The predicted molar refractivity (Wildman–Crippen MR) is 194 cm³/mol. The van der Waals surface area contributed by atoms with Gasteiger partial charge in [-0.1, -0.05) is 30.4 Å². The molecule has 1 aliphatic carbocycles. The highest BCUT2D eigenvalue weighted by molar-refractivity contribution is 7.86. The second-order valence-corrected chi connectivity index (χ2v) is 16.0. The van der Waals surface area contributed by atoms with Crippen LogP contribution in [0, 0.1) is 6.92 Å². The summed E-state index contributed by atoms with van der Waals surface area (Å²) in [6.45, 7) is 1.97. The second kappa shape index (κ2) is 15.4. The highest BCUT2D eigenvalue weighted by Crippen LogP contribution is 2.39. The number of para-hydroxylation sites is 1. The van der Waals surface area contributed by atoms with Gasteiger partial charge in [-0.3, -0.25) is 9.11 Å². The fourth-order valence-electron chi connectivity index (χ4n) is 6.20. The lowest BCUT2D eigenvalue weighted by Crippen LogP contribution is -2.30. The van der Waals surface area contributed by atoms with Gasteiger partial charge >= 0.3 is 10.6 Å². The Kier molecular flexibility index (Phi) is 11.3. The summed E-state index contributed by atoms with van der Waals surface area (Å²) in [6, 6.07) is 16.4. The predicted octanol–water partition coefficient (Wildman–Crippen LogP) is 3.98. The Morgan fingerprint density at radius 2 is 0.889 bits per heavy atom. The average molecular weight is 797 g/mol. The molecular formula is C37H34NO13S3+. The van der Waals surface area contributed by atoms with Crippen LogP contribution in [0.1, 0.15) is 61.3 Å². The van der Waals surface area contributed by atoms with Gasteiger partial charge in [-0.2, -0.15) is 16.8 Å². The lowest BCUT2D eigenvalue weighted by Gasteiger charge is -2.18. The average Bonchev–Trinajstić information content (AvgIpc) is 3.07. The monoisotopic (exact) mass is 796 g/mol. The van der Waals surface area contributed by atoms with Gasteiger partial charge in [0.25, 0.3) is 20.2 Å². The molecule has 1 aromatic heterocycles. The van der Waals surface area contributed by atoms with Crippen LogP contribution in [0.5, 0.6) is 23.0 Å². The highest BCUT2D eigenvalue weighted by atomic mass is 32.2. The molecule has 0 saturated carbocycles. The minimum Gasteiger partial charge on any atom is -0.507 e. The summed E-state index contributed by atoms with van der Waals surface area (Å²) in [7, 11) is -10.8. The molecule has 0 fully saturated rings. The van der Waals surface area contributed by atoms with E-state index in [9.17, 15) is 46.4 Å². The molecule has 6 rings (SSSR count). The van der Waals surface area contributed by atoms with Crippen LogP contribution in [0.25, 0.3) is 12.2 Å². The van der Waals surface area contributed by atoms with Crippen LogP contribution in [0.15, 0.2) is 82.7 Å². The Balaban J connectivity index is 0.00000133. The summed E-state index contributed by atoms with van der Waals surface area (Å²) in [5.41, 5.74) is 3.88. The third-order valence-corrected chi connectivity index (χ3v) is 10.6. The number of benzene rings is 4. The maximum absolute atomic E-state index is 12.4. The maximum Gasteiger partial charge on any atom is 0.425 e. The van der Waals surface area contributed by atoms with E-state index in [1.54, 1.807) is 30.3 Å². The Labute approximate surface area is 312 Å². The van der Waals surface area contributed by atoms with Crippen molar-refractivity contribution < 1.29 is 63.6 Å². The van der Waals surface area contributed by atoms with Crippen molar-refractivity contribution in [3.63, 3.8) is 0 Å². The van der Waals surface area contributed by atoms with Gasteiger partial charge in [0.1, 0.15) is 30.0 Å². The van der Waals surface area contributed by atoms with Crippen LogP contribution in [0.4, 0.5) is 0 Å². The Hall–Kier alpha value is -5.59. The minimum atomic E-state index is -4.83. The summed E-state index contributed by atoms with van der Waals surface area (Å²) in [6.07, 6.45) is 4.88. The van der Waals surface area contributed by atoms with E-state index >= 15 is 0 Å². The van der Waals surface area contributed by atoms with Gasteiger partial charge < -0.3 is 20.4 Å². The molecule has 17 heteroatoms. The van der Waals surface area contributed by atoms with E-state index in [0.29, 0.717) is 27.8 Å². The first kappa shape index (κ1) is 39.6. The van der Waals surface area contributed by atoms with Gasteiger partial charge in [0.2, 0.25) is 0 Å². The number of rotatable bonds is 4. The standard InChI is InChI=1S/C37H33NO10S2.O3S/c1-21-10-22(8-9-38(21)2)6-7-23-11-26-13-24-4-3-5-25(34(24)39)14-28-17-32(49(43,44)45)19-30(36(28)41)16-31-20-33(50(46,47)48)18-29(37(31)42)15-27(12-23)35(26)40;1-4(2)3/h3-12,17-20H,13-16H2,1-2H3,(H5,39,41,42,43,44,45,46,47,48);/p+1. The third-order valence-electron chi connectivity index (χ3n) is 8.99. The normalized spacial score (nSPS) is 12.9. The van der Waals surface area contributed by atoms with Crippen LogP contribution in [-0.2, 0) is 63.6 Å². The van der Waals surface area contributed by atoms with Crippen LogP contribution >= 0.6 is 0 Å². The van der Waals surface area contributed by atoms with Crippen LogP contribution in [0.3, 0.4) is 0 Å². The number of hydrogen-bond donors (Lipinski definition) is 6. The molecular weight excluding hydrogens is 763 g/mol. The van der Waals surface area contributed by atoms with Crippen molar-refractivity contribution in [1.82, 2.24) is 0 Å². The first-order valence-electron chi connectivity index (χ1n) is 15.9. The number of aromatic hydroxyl groups is 4. The molecule has 0 aliphatic heterocycles. The molecule has 1 aliphatic rings. The zero-order valence-corrected chi connectivity index (χ0v) is 31.1. The summed E-state index contributed by atoms with van der Waals surface area (Å²) >= 11 is 0. The number of fused-ring (bicyclic) bond motifs is 8. The largest absolute Gasteiger partial charge is 0.507 e. The first-order chi connectivity index (χ1) is 25.2. The smallest absolute Gasteiger partial charge is 0.425 e. The van der Waals surface area contributed by atoms with E-state index in [1.807, 2.05) is 49.0 Å². The van der Waals surface area contributed by atoms with Gasteiger partial charge in [0.15, 0.2) is 11.9 Å². The molecule has 5 aromatic rings. The Morgan fingerprint density at radius 1 is 0.556 bits per heavy atom. The van der Waals surface area contributed by atoms with Crippen LogP contribution in [-0.4, -0.2) is 59.0 Å². The molecule has 4 aromatic carbocycles. The van der Waals surface area contributed by atoms with Gasteiger partial charge in [-0.25, -0.2) is 4.57 Å². The van der Waals surface area contributed by atoms with Crippen molar-refractivity contribution in [2.45, 2.75) is 42.4 Å². The lowest BCUT2D eigenvalue weighted by molar-refractivity contribution is -0.677. The van der Waals surface area contributed by atoms with Crippen molar-refractivity contribution in [2.24, 2.45) is 7.05 Å². The van der Waals surface area contributed by atoms with Gasteiger partial charge in [0.05, 0.1) is 9.79 Å². The molecule has 6 N–H and O–H groups in total. The second-order valence-electron chi connectivity index (χ2n) is 12.7.